The van der Waals surface area contributed by atoms with Crippen LogP contribution in [0.15, 0.2) is 33.8 Å². The van der Waals surface area contributed by atoms with Crippen molar-refractivity contribution in [2.45, 2.75) is 13.5 Å². The molecule has 1 aromatic carbocycles. The van der Waals surface area contributed by atoms with Gasteiger partial charge in [-0.1, -0.05) is 16.8 Å². The maximum Gasteiger partial charge on any atom is 0.246 e. The lowest BCUT2D eigenvalue weighted by Crippen LogP contribution is -2.38. The maximum atomic E-state index is 11.6. The van der Waals surface area contributed by atoms with Crippen LogP contribution in [0.3, 0.4) is 0 Å². The van der Waals surface area contributed by atoms with Crippen LogP contribution in [0.25, 0.3) is 11.4 Å². The van der Waals surface area contributed by atoms with Gasteiger partial charge in [-0.05, 0) is 31.2 Å². The normalized spacial score (nSPS) is 11.3. The molecule has 2 N–H and O–H groups in total. The SMILES string of the molecule is CCNC(=NCC(=O)N(C)C)NCc1nc(-c2ccc(Cl)cc2)no1. The topological polar surface area (TPSA) is 95.7 Å². The van der Waals surface area contributed by atoms with Gasteiger partial charge >= 0.3 is 0 Å². The average Bonchev–Trinajstić information content (AvgIpc) is 3.06. The first-order valence-corrected chi connectivity index (χ1v) is 8.18. The molecule has 1 amide bonds. The molecule has 9 heteroatoms. The summed E-state index contributed by atoms with van der Waals surface area (Å²) in [5.74, 6) is 1.32. The number of amides is 1. The van der Waals surface area contributed by atoms with Gasteiger partial charge in [-0.3, -0.25) is 4.79 Å². The molecular formula is C16H21ClN6O2. The monoisotopic (exact) mass is 364 g/mol. The molecule has 0 saturated heterocycles. The van der Waals surface area contributed by atoms with Gasteiger partial charge in [0.1, 0.15) is 6.54 Å². The second-order valence-electron chi connectivity index (χ2n) is 5.36. The molecule has 134 valence electrons. The Hall–Kier alpha value is -2.61. The average molecular weight is 365 g/mol. The molecule has 1 aromatic heterocycles. The third-order valence-corrected chi connectivity index (χ3v) is 3.45. The number of guanidine groups is 1. The Kier molecular flexibility index (Phi) is 6.76. The van der Waals surface area contributed by atoms with Crippen LogP contribution < -0.4 is 10.6 Å². The van der Waals surface area contributed by atoms with Crippen LogP contribution >= 0.6 is 11.6 Å². The van der Waals surface area contributed by atoms with E-state index in [0.29, 0.717) is 35.8 Å². The van der Waals surface area contributed by atoms with E-state index in [4.69, 9.17) is 16.1 Å². The number of benzene rings is 1. The van der Waals surface area contributed by atoms with Gasteiger partial charge in [-0.15, -0.1) is 0 Å². The first kappa shape index (κ1) is 18.7. The zero-order valence-electron chi connectivity index (χ0n) is 14.4. The van der Waals surface area contributed by atoms with Crippen molar-refractivity contribution in [3.8, 4) is 11.4 Å². The molecule has 25 heavy (non-hydrogen) atoms. The molecule has 0 bridgehead atoms. The zero-order valence-corrected chi connectivity index (χ0v) is 15.2. The predicted molar refractivity (Wildman–Crippen MR) is 96.3 cm³/mol. The molecule has 0 atom stereocenters. The molecule has 0 fully saturated rings. The lowest BCUT2D eigenvalue weighted by atomic mass is 10.2. The fourth-order valence-corrected chi connectivity index (χ4v) is 1.96. The molecule has 2 aromatic rings. The van der Waals surface area contributed by atoms with Crippen LogP contribution in [0.1, 0.15) is 12.8 Å². The quantitative estimate of drug-likeness (QED) is 0.596. The summed E-state index contributed by atoms with van der Waals surface area (Å²) in [4.78, 5) is 21.7. The number of aliphatic imine (C=N–C) groups is 1. The number of hydrogen-bond acceptors (Lipinski definition) is 5. The summed E-state index contributed by atoms with van der Waals surface area (Å²) in [5, 5.41) is 10.7. The molecular weight excluding hydrogens is 344 g/mol. The highest BCUT2D eigenvalue weighted by atomic mass is 35.5. The van der Waals surface area contributed by atoms with Crippen LogP contribution in [0.5, 0.6) is 0 Å². The molecule has 0 spiro atoms. The molecule has 0 aliphatic heterocycles. The van der Waals surface area contributed by atoms with Crippen molar-refractivity contribution in [3.05, 3.63) is 35.2 Å². The van der Waals surface area contributed by atoms with Gasteiger partial charge in [-0.25, -0.2) is 4.99 Å². The van der Waals surface area contributed by atoms with E-state index in [9.17, 15) is 4.79 Å². The second-order valence-corrected chi connectivity index (χ2v) is 5.79. The standard InChI is InChI=1S/C16H21ClN6O2/c1-4-18-16(20-10-14(24)23(2)3)19-9-13-21-15(22-25-13)11-5-7-12(17)8-6-11/h5-8H,4,9-10H2,1-3H3,(H2,18,19,20). The number of likely N-dealkylation sites (N-methyl/N-ethyl adjacent to an activating group) is 1. The highest BCUT2D eigenvalue weighted by Gasteiger charge is 2.10. The fourth-order valence-electron chi connectivity index (χ4n) is 1.83. The molecule has 0 unspecified atom stereocenters. The number of carbonyl (C=O) groups is 1. The van der Waals surface area contributed by atoms with Gasteiger partial charge in [0.25, 0.3) is 0 Å². The van der Waals surface area contributed by atoms with Crippen molar-refractivity contribution in [1.82, 2.24) is 25.7 Å². The Morgan fingerprint density at radius 3 is 2.64 bits per heavy atom. The van der Waals surface area contributed by atoms with Crippen molar-refractivity contribution >= 4 is 23.5 Å². The number of aromatic nitrogens is 2. The highest BCUT2D eigenvalue weighted by molar-refractivity contribution is 6.30. The van der Waals surface area contributed by atoms with E-state index in [1.807, 2.05) is 19.1 Å². The molecule has 0 aliphatic carbocycles. The Morgan fingerprint density at radius 1 is 1.28 bits per heavy atom. The minimum Gasteiger partial charge on any atom is -0.357 e. The Bertz CT molecular complexity index is 726. The molecule has 0 aliphatic rings. The molecule has 2 rings (SSSR count). The predicted octanol–water partition coefficient (Wildman–Crippen LogP) is 1.53. The maximum absolute atomic E-state index is 11.6. The lowest BCUT2D eigenvalue weighted by molar-refractivity contribution is -0.127. The minimum absolute atomic E-state index is 0.0577. The fraction of sp³-hybridized carbons (Fsp3) is 0.375. The first-order valence-electron chi connectivity index (χ1n) is 7.80. The molecule has 0 radical (unpaired) electrons. The molecule has 8 nitrogen and oxygen atoms in total. The summed E-state index contributed by atoms with van der Waals surface area (Å²) in [6, 6.07) is 7.18. The largest absolute Gasteiger partial charge is 0.357 e. The summed E-state index contributed by atoms with van der Waals surface area (Å²) >= 11 is 5.87. The number of carbonyl (C=O) groups excluding carboxylic acids is 1. The van der Waals surface area contributed by atoms with Gasteiger partial charge in [0.05, 0.1) is 6.54 Å². The number of rotatable bonds is 6. The van der Waals surface area contributed by atoms with E-state index in [0.717, 1.165) is 5.56 Å². The van der Waals surface area contributed by atoms with Gasteiger partial charge < -0.3 is 20.1 Å². The van der Waals surface area contributed by atoms with Crippen LogP contribution in [-0.4, -0.2) is 54.1 Å². The molecule has 1 heterocycles. The van der Waals surface area contributed by atoms with Crippen molar-refractivity contribution in [2.24, 2.45) is 4.99 Å². The van der Waals surface area contributed by atoms with Crippen LogP contribution in [-0.2, 0) is 11.3 Å². The highest BCUT2D eigenvalue weighted by Crippen LogP contribution is 2.18. The van der Waals surface area contributed by atoms with Gasteiger partial charge in [-0.2, -0.15) is 4.98 Å². The van der Waals surface area contributed by atoms with E-state index in [1.54, 1.807) is 26.2 Å². The summed E-state index contributed by atoms with van der Waals surface area (Å²) in [7, 11) is 3.38. The molecule has 0 saturated carbocycles. The Morgan fingerprint density at radius 2 is 2.00 bits per heavy atom. The third-order valence-electron chi connectivity index (χ3n) is 3.19. The van der Waals surface area contributed by atoms with Crippen molar-refractivity contribution in [1.29, 1.82) is 0 Å². The van der Waals surface area contributed by atoms with Crippen LogP contribution in [0, 0.1) is 0 Å². The van der Waals surface area contributed by atoms with Crippen molar-refractivity contribution < 1.29 is 9.32 Å². The summed E-state index contributed by atoms with van der Waals surface area (Å²) in [5.41, 5.74) is 0.816. The number of nitrogens with one attached hydrogen (secondary N) is 2. The van der Waals surface area contributed by atoms with E-state index in [2.05, 4.69) is 25.8 Å². The van der Waals surface area contributed by atoms with Crippen LogP contribution in [0.2, 0.25) is 5.02 Å². The number of halogens is 1. The van der Waals surface area contributed by atoms with Gasteiger partial charge in [0, 0.05) is 31.2 Å². The first-order chi connectivity index (χ1) is 12.0. The Labute approximate surface area is 151 Å². The van der Waals surface area contributed by atoms with Crippen molar-refractivity contribution in [2.75, 3.05) is 27.2 Å². The Balaban J connectivity index is 1.97. The van der Waals surface area contributed by atoms with Gasteiger partial charge in [0.15, 0.2) is 5.96 Å². The van der Waals surface area contributed by atoms with E-state index >= 15 is 0 Å². The summed E-state index contributed by atoms with van der Waals surface area (Å²) in [6.07, 6.45) is 0. The van der Waals surface area contributed by atoms with E-state index in [1.165, 1.54) is 4.90 Å². The minimum atomic E-state index is -0.0833. The zero-order chi connectivity index (χ0) is 18.2. The van der Waals surface area contributed by atoms with Crippen LogP contribution in [0.4, 0.5) is 0 Å². The number of nitrogens with zero attached hydrogens (tertiary/aromatic N) is 4. The third kappa shape index (κ3) is 5.75. The van der Waals surface area contributed by atoms with E-state index in [-0.39, 0.29) is 12.5 Å². The summed E-state index contributed by atoms with van der Waals surface area (Å²) < 4.78 is 5.23. The second kappa shape index (κ2) is 9.03. The summed E-state index contributed by atoms with van der Waals surface area (Å²) in [6.45, 7) is 2.96. The van der Waals surface area contributed by atoms with E-state index < -0.39 is 0 Å². The lowest BCUT2D eigenvalue weighted by Gasteiger charge is -2.11. The number of hydrogen-bond donors (Lipinski definition) is 2. The van der Waals surface area contributed by atoms with Gasteiger partial charge in [0.2, 0.25) is 17.6 Å². The smallest absolute Gasteiger partial charge is 0.246 e. The van der Waals surface area contributed by atoms with Crippen molar-refractivity contribution in [3.63, 3.8) is 0 Å².